The van der Waals surface area contributed by atoms with Gasteiger partial charge in [-0.15, -0.1) is 0 Å². The fraction of sp³-hybridized carbons (Fsp3) is 0.444. The van der Waals surface area contributed by atoms with Gasteiger partial charge in [-0.05, 0) is 25.2 Å². The molecule has 4 rings (SSSR count). The fourth-order valence-electron chi connectivity index (χ4n) is 2.88. The van der Waals surface area contributed by atoms with Crippen LogP contribution in [-0.2, 0) is 4.74 Å². The lowest BCUT2D eigenvalue weighted by atomic mass is 10.1. The van der Waals surface area contributed by atoms with E-state index in [9.17, 15) is 4.79 Å². The van der Waals surface area contributed by atoms with Crippen LogP contribution < -0.4 is 0 Å². The molecule has 1 unspecified atom stereocenters. The Bertz CT molecular complexity index is 679. The highest BCUT2D eigenvalue weighted by molar-refractivity contribution is 5.93. The third kappa shape index (κ3) is 3.29. The molecule has 1 amide bonds. The Morgan fingerprint density at radius 1 is 1.26 bits per heavy atom. The van der Waals surface area contributed by atoms with Gasteiger partial charge < -0.3 is 14.2 Å². The number of aromatic nitrogens is 1. The summed E-state index contributed by atoms with van der Waals surface area (Å²) in [6, 6.07) is 11.4. The van der Waals surface area contributed by atoms with E-state index in [1.54, 1.807) is 6.07 Å². The van der Waals surface area contributed by atoms with Gasteiger partial charge in [0, 0.05) is 31.3 Å². The van der Waals surface area contributed by atoms with E-state index < -0.39 is 0 Å². The summed E-state index contributed by atoms with van der Waals surface area (Å²) in [7, 11) is 0. The first-order valence-electron chi connectivity index (χ1n) is 8.22. The lowest BCUT2D eigenvalue weighted by molar-refractivity contribution is 0.0478. The van der Waals surface area contributed by atoms with Crippen LogP contribution in [-0.4, -0.2) is 41.8 Å². The quantitative estimate of drug-likeness (QED) is 0.851. The number of hydrogen-bond donors (Lipinski definition) is 0. The van der Waals surface area contributed by atoms with Crippen LogP contribution in [0.1, 0.15) is 29.8 Å². The van der Waals surface area contributed by atoms with Gasteiger partial charge in [-0.3, -0.25) is 4.79 Å². The zero-order valence-electron chi connectivity index (χ0n) is 13.0. The molecule has 1 aromatic carbocycles. The third-order valence-corrected chi connectivity index (χ3v) is 4.48. The molecule has 2 heterocycles. The Hall–Kier alpha value is -2.14. The normalized spacial score (nSPS) is 20.9. The van der Waals surface area contributed by atoms with E-state index in [1.165, 1.54) is 12.8 Å². The molecule has 0 spiro atoms. The topological polar surface area (TPSA) is 55.6 Å². The third-order valence-electron chi connectivity index (χ3n) is 4.48. The molecule has 2 aromatic rings. The number of benzene rings is 1. The minimum atomic E-state index is -0.0755. The number of rotatable bonds is 5. The highest BCUT2D eigenvalue weighted by atomic mass is 16.5. The second-order valence-corrected chi connectivity index (χ2v) is 6.38. The number of hydrogen-bond acceptors (Lipinski definition) is 4. The maximum atomic E-state index is 12.5. The summed E-state index contributed by atoms with van der Waals surface area (Å²) >= 11 is 0. The predicted molar refractivity (Wildman–Crippen MR) is 84.9 cm³/mol. The molecule has 120 valence electrons. The zero-order chi connectivity index (χ0) is 15.6. The molecular weight excluding hydrogens is 292 g/mol. The van der Waals surface area contributed by atoms with Crippen molar-refractivity contribution in [2.24, 2.45) is 5.92 Å². The summed E-state index contributed by atoms with van der Waals surface area (Å²) in [5.41, 5.74) is 1.29. The molecule has 1 aromatic heterocycles. The summed E-state index contributed by atoms with van der Waals surface area (Å²) in [6.45, 7) is 2.22. The van der Waals surface area contributed by atoms with E-state index in [2.05, 4.69) is 5.16 Å². The second-order valence-electron chi connectivity index (χ2n) is 6.38. The van der Waals surface area contributed by atoms with E-state index in [1.807, 2.05) is 35.2 Å². The first kappa shape index (κ1) is 14.5. The van der Waals surface area contributed by atoms with Gasteiger partial charge in [-0.25, -0.2) is 0 Å². The van der Waals surface area contributed by atoms with Crippen molar-refractivity contribution >= 4 is 5.91 Å². The molecule has 5 nitrogen and oxygen atoms in total. The Morgan fingerprint density at radius 3 is 2.87 bits per heavy atom. The smallest absolute Gasteiger partial charge is 0.276 e. The second kappa shape index (κ2) is 6.16. The summed E-state index contributed by atoms with van der Waals surface area (Å²) in [6.07, 6.45) is 3.65. The van der Waals surface area contributed by atoms with Crippen molar-refractivity contribution in [2.75, 3.05) is 19.7 Å². The Morgan fingerprint density at radius 2 is 2.09 bits per heavy atom. The van der Waals surface area contributed by atoms with Crippen molar-refractivity contribution in [1.29, 1.82) is 0 Å². The van der Waals surface area contributed by atoms with Crippen molar-refractivity contribution in [3.63, 3.8) is 0 Å². The first-order valence-corrected chi connectivity index (χ1v) is 8.22. The monoisotopic (exact) mass is 312 g/mol. The number of carbonyl (C=O) groups is 1. The van der Waals surface area contributed by atoms with Crippen molar-refractivity contribution in [1.82, 2.24) is 10.1 Å². The number of likely N-dealkylation sites (tertiary alicyclic amines) is 1. The maximum Gasteiger partial charge on any atom is 0.276 e. The zero-order valence-corrected chi connectivity index (χ0v) is 13.0. The van der Waals surface area contributed by atoms with Gasteiger partial charge in [-0.2, -0.15) is 0 Å². The number of amides is 1. The van der Waals surface area contributed by atoms with E-state index >= 15 is 0 Å². The molecule has 1 saturated heterocycles. The van der Waals surface area contributed by atoms with E-state index in [-0.39, 0.29) is 12.0 Å². The highest BCUT2D eigenvalue weighted by Gasteiger charge is 2.31. The fourth-order valence-corrected chi connectivity index (χ4v) is 2.88. The summed E-state index contributed by atoms with van der Waals surface area (Å²) in [5, 5.41) is 3.94. The molecule has 1 aliphatic heterocycles. The molecule has 1 atom stereocenters. The molecule has 23 heavy (non-hydrogen) atoms. The van der Waals surface area contributed by atoms with Gasteiger partial charge in [0.25, 0.3) is 5.91 Å². The molecule has 5 heteroatoms. The molecule has 0 N–H and O–H groups in total. The maximum absolute atomic E-state index is 12.5. The van der Waals surface area contributed by atoms with Crippen LogP contribution in [0.25, 0.3) is 11.3 Å². The van der Waals surface area contributed by atoms with Crippen molar-refractivity contribution < 1.29 is 14.1 Å². The highest BCUT2D eigenvalue weighted by Crippen LogP contribution is 2.30. The van der Waals surface area contributed by atoms with Crippen LogP contribution in [0.2, 0.25) is 0 Å². The molecular formula is C18H20N2O3. The Balaban J connectivity index is 1.38. The van der Waals surface area contributed by atoms with Crippen molar-refractivity contribution in [3.8, 4) is 11.3 Å². The Labute approximate surface area is 135 Å². The largest absolute Gasteiger partial charge is 0.376 e. The van der Waals surface area contributed by atoms with Crippen LogP contribution in [0, 0.1) is 5.92 Å². The minimum absolute atomic E-state index is 0.0755. The van der Waals surface area contributed by atoms with Gasteiger partial charge in [0.1, 0.15) is 0 Å². The first-order chi connectivity index (χ1) is 11.3. The SMILES string of the molecule is O=C(c1cc(-c2ccccc2)on1)N1CCC(OCC2CC2)C1. The lowest BCUT2D eigenvalue weighted by Crippen LogP contribution is -2.30. The average Bonchev–Trinajstić information content (AvgIpc) is 3.11. The van der Waals surface area contributed by atoms with Crippen LogP contribution in [0.4, 0.5) is 0 Å². The summed E-state index contributed by atoms with van der Waals surface area (Å²) in [4.78, 5) is 14.3. The molecule has 1 aliphatic carbocycles. The van der Waals surface area contributed by atoms with Gasteiger partial charge in [-0.1, -0.05) is 35.5 Å². The molecule has 1 saturated carbocycles. The molecule has 2 fully saturated rings. The van der Waals surface area contributed by atoms with Crippen molar-refractivity contribution in [3.05, 3.63) is 42.1 Å². The minimum Gasteiger partial charge on any atom is -0.376 e. The molecule has 0 bridgehead atoms. The average molecular weight is 312 g/mol. The van der Waals surface area contributed by atoms with Gasteiger partial charge in [0.05, 0.1) is 6.10 Å². The number of carbonyl (C=O) groups excluding carboxylic acids is 1. The van der Waals surface area contributed by atoms with E-state index in [0.29, 0.717) is 18.0 Å². The van der Waals surface area contributed by atoms with E-state index in [4.69, 9.17) is 9.26 Å². The van der Waals surface area contributed by atoms with Crippen LogP contribution in [0.3, 0.4) is 0 Å². The lowest BCUT2D eigenvalue weighted by Gasteiger charge is -2.15. The number of nitrogens with zero attached hydrogens (tertiary/aromatic N) is 2. The van der Waals surface area contributed by atoms with Crippen LogP contribution >= 0.6 is 0 Å². The van der Waals surface area contributed by atoms with Gasteiger partial charge >= 0.3 is 0 Å². The van der Waals surface area contributed by atoms with Gasteiger partial charge in [0.15, 0.2) is 11.5 Å². The van der Waals surface area contributed by atoms with Crippen LogP contribution in [0.15, 0.2) is 40.9 Å². The predicted octanol–water partition coefficient (Wildman–Crippen LogP) is 2.98. The van der Waals surface area contributed by atoms with E-state index in [0.717, 1.165) is 31.1 Å². The summed E-state index contributed by atoms with van der Waals surface area (Å²) in [5.74, 6) is 1.30. The molecule has 2 aliphatic rings. The van der Waals surface area contributed by atoms with Gasteiger partial charge in [0.2, 0.25) is 0 Å². The molecule has 0 radical (unpaired) electrons. The standard InChI is InChI=1S/C18H20N2O3/c21-18(20-9-8-15(11-20)22-12-13-6-7-13)16-10-17(23-19-16)14-4-2-1-3-5-14/h1-5,10,13,15H,6-9,11-12H2. The van der Waals surface area contributed by atoms with Crippen LogP contribution in [0.5, 0.6) is 0 Å². The Kier molecular flexibility index (Phi) is 3.87. The number of ether oxygens (including phenoxy) is 1. The summed E-state index contributed by atoms with van der Waals surface area (Å²) < 4.78 is 11.2. The van der Waals surface area contributed by atoms with Crippen molar-refractivity contribution in [2.45, 2.75) is 25.4 Å².